The first kappa shape index (κ1) is 24.7. The number of carbonyl (C=O) groups excluding carboxylic acids is 2. The Morgan fingerprint density at radius 3 is 2.31 bits per heavy atom. The van der Waals surface area contributed by atoms with E-state index in [9.17, 15) is 9.59 Å². The number of nitrogens with zero attached hydrogens (tertiary/aromatic N) is 3. The fraction of sp³-hybridized carbons (Fsp3) is 0.607. The lowest BCUT2D eigenvalue weighted by Crippen LogP contribution is -2.67. The molecule has 1 aliphatic heterocycles. The third-order valence-corrected chi connectivity index (χ3v) is 8.26. The van der Waals surface area contributed by atoms with Gasteiger partial charge in [-0.1, -0.05) is 38.5 Å². The summed E-state index contributed by atoms with van der Waals surface area (Å²) in [7, 11) is 3.20. The van der Waals surface area contributed by atoms with Crippen LogP contribution in [-0.2, 0) is 11.3 Å². The normalized spacial score (nSPS) is 23.3. The Morgan fingerprint density at radius 2 is 1.64 bits per heavy atom. The minimum Gasteiger partial charge on any atom is -0.493 e. The number of methoxy groups -OCH3 is 2. The zero-order valence-electron chi connectivity index (χ0n) is 21.7. The van der Waals surface area contributed by atoms with Gasteiger partial charge in [0.1, 0.15) is 11.2 Å². The SMILES string of the molecule is COc1ccc(-c2cc3n(n2)C[C@](C)(C(=O)NC2CCCCC2)N(C2CCCCC2)C3=O)cc1OC. The van der Waals surface area contributed by atoms with Crippen molar-refractivity contribution in [3.63, 3.8) is 0 Å². The van der Waals surface area contributed by atoms with Crippen LogP contribution in [0.5, 0.6) is 11.5 Å². The molecule has 0 spiro atoms. The number of aromatic nitrogens is 2. The molecule has 2 aromatic rings. The molecule has 2 amide bonds. The predicted octanol–water partition coefficient (Wildman–Crippen LogP) is 4.56. The monoisotopic (exact) mass is 494 g/mol. The summed E-state index contributed by atoms with van der Waals surface area (Å²) in [5, 5.41) is 8.11. The Kier molecular flexibility index (Phi) is 6.95. The second kappa shape index (κ2) is 10.1. The van der Waals surface area contributed by atoms with Gasteiger partial charge >= 0.3 is 0 Å². The standard InChI is InChI=1S/C28H38N4O4/c1-28(27(34)29-20-10-6-4-7-11-20)18-31-23(26(33)32(28)21-12-8-5-9-13-21)17-22(30-31)19-14-15-24(35-2)25(16-19)36-3/h14-17,20-21H,4-13,18H2,1-3H3,(H,29,34)/t28-/m1/s1. The molecule has 0 unspecified atom stereocenters. The van der Waals surface area contributed by atoms with Crippen LogP contribution in [0.15, 0.2) is 24.3 Å². The highest BCUT2D eigenvalue weighted by atomic mass is 16.5. The number of hydrogen-bond acceptors (Lipinski definition) is 5. The maximum Gasteiger partial charge on any atom is 0.273 e. The summed E-state index contributed by atoms with van der Waals surface area (Å²) in [6.45, 7) is 2.27. The molecule has 1 aromatic carbocycles. The smallest absolute Gasteiger partial charge is 0.273 e. The van der Waals surface area contributed by atoms with Crippen molar-refractivity contribution in [1.29, 1.82) is 0 Å². The molecule has 1 aromatic heterocycles. The van der Waals surface area contributed by atoms with Crippen molar-refractivity contribution in [2.45, 2.75) is 95.3 Å². The topological polar surface area (TPSA) is 85.7 Å². The van der Waals surface area contributed by atoms with Gasteiger partial charge < -0.3 is 19.7 Å². The Hall–Kier alpha value is -3.03. The third-order valence-electron chi connectivity index (χ3n) is 8.26. The van der Waals surface area contributed by atoms with E-state index in [-0.39, 0.29) is 23.9 Å². The van der Waals surface area contributed by atoms with Gasteiger partial charge in [0.05, 0.1) is 26.5 Å². The van der Waals surface area contributed by atoms with Crippen molar-refractivity contribution in [2.24, 2.45) is 0 Å². The minimum absolute atomic E-state index is 0.0536. The van der Waals surface area contributed by atoms with Gasteiger partial charge in [0.2, 0.25) is 5.91 Å². The third kappa shape index (κ3) is 4.46. The first-order valence-corrected chi connectivity index (χ1v) is 13.4. The maximum absolute atomic E-state index is 14.0. The highest BCUT2D eigenvalue weighted by Crippen LogP contribution is 2.37. The lowest BCUT2D eigenvalue weighted by atomic mass is 9.86. The van der Waals surface area contributed by atoms with Crippen LogP contribution < -0.4 is 14.8 Å². The molecule has 0 bridgehead atoms. The zero-order chi connectivity index (χ0) is 25.3. The Balaban J connectivity index is 1.50. The van der Waals surface area contributed by atoms with Crippen molar-refractivity contribution >= 4 is 11.8 Å². The summed E-state index contributed by atoms with van der Waals surface area (Å²) in [6.07, 6.45) is 10.8. The quantitative estimate of drug-likeness (QED) is 0.636. The zero-order valence-corrected chi connectivity index (χ0v) is 21.7. The second-order valence-electron chi connectivity index (χ2n) is 10.7. The van der Waals surface area contributed by atoms with E-state index in [0.717, 1.165) is 56.9 Å². The van der Waals surface area contributed by atoms with Crippen LogP contribution in [0.3, 0.4) is 0 Å². The molecule has 3 aliphatic rings. The molecular formula is C28H38N4O4. The van der Waals surface area contributed by atoms with Crippen LogP contribution in [0.2, 0.25) is 0 Å². The van der Waals surface area contributed by atoms with E-state index in [4.69, 9.17) is 14.6 Å². The molecule has 0 radical (unpaired) electrons. The molecule has 1 N–H and O–H groups in total. The first-order chi connectivity index (χ1) is 17.4. The number of benzene rings is 1. The van der Waals surface area contributed by atoms with Gasteiger partial charge in [-0.2, -0.15) is 5.10 Å². The number of fused-ring (bicyclic) bond motifs is 1. The van der Waals surface area contributed by atoms with Crippen molar-refractivity contribution < 1.29 is 19.1 Å². The van der Waals surface area contributed by atoms with Gasteiger partial charge in [0.25, 0.3) is 5.91 Å². The first-order valence-electron chi connectivity index (χ1n) is 13.4. The lowest BCUT2D eigenvalue weighted by Gasteiger charge is -2.48. The van der Waals surface area contributed by atoms with Crippen LogP contribution >= 0.6 is 0 Å². The van der Waals surface area contributed by atoms with Crippen molar-refractivity contribution in [3.05, 3.63) is 30.0 Å². The molecule has 2 saturated carbocycles. The average Bonchev–Trinajstić information content (AvgIpc) is 3.33. The number of nitrogens with one attached hydrogen (secondary N) is 1. The van der Waals surface area contributed by atoms with Crippen LogP contribution in [0, 0.1) is 0 Å². The van der Waals surface area contributed by atoms with Gasteiger partial charge in [0.15, 0.2) is 11.5 Å². The number of amides is 2. The molecule has 1 atom stereocenters. The summed E-state index contributed by atoms with van der Waals surface area (Å²) in [5.74, 6) is 1.08. The molecule has 5 rings (SSSR count). The number of ether oxygens (including phenoxy) is 2. The second-order valence-corrected chi connectivity index (χ2v) is 10.7. The number of rotatable bonds is 6. The average molecular weight is 495 g/mol. The fourth-order valence-electron chi connectivity index (χ4n) is 6.24. The van der Waals surface area contributed by atoms with Gasteiger partial charge in [-0.3, -0.25) is 14.3 Å². The molecular weight excluding hydrogens is 456 g/mol. The van der Waals surface area contributed by atoms with Gasteiger partial charge in [-0.15, -0.1) is 0 Å². The Bertz CT molecular complexity index is 1120. The highest BCUT2D eigenvalue weighted by Gasteiger charge is 2.51. The Morgan fingerprint density at radius 1 is 0.972 bits per heavy atom. The van der Waals surface area contributed by atoms with Crippen molar-refractivity contribution in [1.82, 2.24) is 20.0 Å². The lowest BCUT2D eigenvalue weighted by molar-refractivity contribution is -0.136. The predicted molar refractivity (Wildman–Crippen MR) is 137 cm³/mol. The number of hydrogen-bond donors (Lipinski definition) is 1. The fourth-order valence-corrected chi connectivity index (χ4v) is 6.24. The van der Waals surface area contributed by atoms with Crippen molar-refractivity contribution in [2.75, 3.05) is 14.2 Å². The number of carbonyl (C=O) groups is 2. The van der Waals surface area contributed by atoms with Crippen LogP contribution in [-0.4, -0.2) is 58.3 Å². The van der Waals surface area contributed by atoms with E-state index in [1.165, 1.54) is 12.8 Å². The molecule has 8 nitrogen and oxygen atoms in total. The maximum atomic E-state index is 14.0. The summed E-state index contributed by atoms with van der Waals surface area (Å²) in [6, 6.07) is 7.72. The molecule has 2 aliphatic carbocycles. The van der Waals surface area contributed by atoms with Crippen molar-refractivity contribution in [3.8, 4) is 22.8 Å². The van der Waals surface area contributed by atoms with Gasteiger partial charge in [-0.05, 0) is 56.9 Å². The molecule has 2 fully saturated rings. The summed E-state index contributed by atoms with van der Waals surface area (Å²) in [4.78, 5) is 29.8. The Labute approximate surface area is 213 Å². The molecule has 8 heteroatoms. The van der Waals surface area contributed by atoms with Crippen LogP contribution in [0.25, 0.3) is 11.3 Å². The largest absolute Gasteiger partial charge is 0.493 e. The summed E-state index contributed by atoms with van der Waals surface area (Å²) >= 11 is 0. The van der Waals surface area contributed by atoms with Crippen LogP contribution in [0.4, 0.5) is 0 Å². The van der Waals surface area contributed by atoms with E-state index in [0.29, 0.717) is 29.4 Å². The van der Waals surface area contributed by atoms with E-state index in [1.54, 1.807) is 18.9 Å². The summed E-state index contributed by atoms with van der Waals surface area (Å²) in [5.41, 5.74) is 1.07. The molecule has 0 saturated heterocycles. The van der Waals surface area contributed by atoms with E-state index in [2.05, 4.69) is 5.32 Å². The van der Waals surface area contributed by atoms with E-state index >= 15 is 0 Å². The van der Waals surface area contributed by atoms with Gasteiger partial charge in [0, 0.05) is 17.6 Å². The molecule has 194 valence electrons. The van der Waals surface area contributed by atoms with E-state index in [1.807, 2.05) is 36.1 Å². The van der Waals surface area contributed by atoms with Crippen LogP contribution in [0.1, 0.15) is 81.6 Å². The highest BCUT2D eigenvalue weighted by molar-refractivity contribution is 6.00. The molecule has 2 heterocycles. The minimum atomic E-state index is -0.982. The van der Waals surface area contributed by atoms with E-state index < -0.39 is 5.54 Å². The molecule has 36 heavy (non-hydrogen) atoms. The summed E-state index contributed by atoms with van der Waals surface area (Å²) < 4.78 is 12.6. The van der Waals surface area contributed by atoms with Gasteiger partial charge in [-0.25, -0.2) is 0 Å².